The minimum absolute atomic E-state index is 0.188. The molecule has 0 saturated carbocycles. The van der Waals surface area contributed by atoms with Crippen molar-refractivity contribution in [2.45, 2.75) is 32.6 Å². The molecule has 0 atom stereocenters. The number of nitro benzene ring substituents is 1. The van der Waals surface area contributed by atoms with Gasteiger partial charge in [0.2, 0.25) is 0 Å². The Morgan fingerprint density at radius 3 is 3.06 bits per heavy atom. The molecular weight excluding hydrogens is 230 g/mol. The van der Waals surface area contributed by atoms with Gasteiger partial charge in [-0.2, -0.15) is 0 Å². The van der Waals surface area contributed by atoms with E-state index in [0.717, 1.165) is 50.0 Å². The van der Waals surface area contributed by atoms with Crippen molar-refractivity contribution in [1.29, 1.82) is 0 Å². The van der Waals surface area contributed by atoms with E-state index >= 15 is 0 Å². The van der Waals surface area contributed by atoms with Gasteiger partial charge in [-0.25, -0.2) is 0 Å². The second kappa shape index (κ2) is 5.71. The first-order valence-corrected chi connectivity index (χ1v) is 6.51. The standard InChI is InChI=1S/C13H19N3O2/c1-2-3-6-15-12-9-11-10(5-4-7-14-11)8-13(12)16(17)18/h8-9,14-15H,2-7H2,1H3. The van der Waals surface area contributed by atoms with Crippen molar-refractivity contribution in [3.05, 3.63) is 27.8 Å². The Balaban J connectivity index is 2.27. The van der Waals surface area contributed by atoms with Crippen molar-refractivity contribution in [2.24, 2.45) is 0 Å². The molecular formula is C13H19N3O2. The highest BCUT2D eigenvalue weighted by atomic mass is 16.6. The predicted molar refractivity (Wildman–Crippen MR) is 73.3 cm³/mol. The van der Waals surface area contributed by atoms with Crippen molar-refractivity contribution in [2.75, 3.05) is 23.7 Å². The molecule has 0 aromatic heterocycles. The van der Waals surface area contributed by atoms with Crippen LogP contribution in [0.15, 0.2) is 12.1 Å². The number of anilines is 2. The minimum Gasteiger partial charge on any atom is -0.385 e. The number of aryl methyl sites for hydroxylation is 1. The molecule has 0 aliphatic carbocycles. The summed E-state index contributed by atoms with van der Waals surface area (Å²) in [5.74, 6) is 0. The Morgan fingerprint density at radius 2 is 2.33 bits per heavy atom. The van der Waals surface area contributed by atoms with E-state index in [1.165, 1.54) is 0 Å². The Morgan fingerprint density at radius 1 is 1.50 bits per heavy atom. The first kappa shape index (κ1) is 12.7. The third kappa shape index (κ3) is 2.72. The molecule has 1 aliphatic rings. The number of rotatable bonds is 5. The molecule has 1 heterocycles. The van der Waals surface area contributed by atoms with E-state index in [0.29, 0.717) is 5.69 Å². The van der Waals surface area contributed by atoms with Gasteiger partial charge in [-0.1, -0.05) is 13.3 Å². The summed E-state index contributed by atoms with van der Waals surface area (Å²) in [5, 5.41) is 17.5. The smallest absolute Gasteiger partial charge is 0.292 e. The highest BCUT2D eigenvalue weighted by Crippen LogP contribution is 2.33. The number of fused-ring (bicyclic) bond motifs is 1. The van der Waals surface area contributed by atoms with Crippen molar-refractivity contribution < 1.29 is 4.92 Å². The van der Waals surface area contributed by atoms with Crippen LogP contribution in [0.2, 0.25) is 0 Å². The van der Waals surface area contributed by atoms with Gasteiger partial charge in [0.25, 0.3) is 5.69 Å². The molecule has 0 saturated heterocycles. The van der Waals surface area contributed by atoms with Gasteiger partial charge in [0, 0.05) is 24.8 Å². The molecule has 5 heteroatoms. The molecule has 0 amide bonds. The lowest BCUT2D eigenvalue weighted by Gasteiger charge is -2.19. The van der Waals surface area contributed by atoms with Crippen LogP contribution in [0.5, 0.6) is 0 Å². The van der Waals surface area contributed by atoms with Gasteiger partial charge in [-0.05, 0) is 30.9 Å². The van der Waals surface area contributed by atoms with Crippen LogP contribution in [-0.2, 0) is 6.42 Å². The number of nitro groups is 1. The van der Waals surface area contributed by atoms with Crippen LogP contribution < -0.4 is 10.6 Å². The Labute approximate surface area is 107 Å². The van der Waals surface area contributed by atoms with Crippen LogP contribution in [0.4, 0.5) is 17.1 Å². The van der Waals surface area contributed by atoms with E-state index in [9.17, 15) is 10.1 Å². The Kier molecular flexibility index (Phi) is 4.02. The van der Waals surface area contributed by atoms with E-state index in [2.05, 4.69) is 17.6 Å². The highest BCUT2D eigenvalue weighted by Gasteiger charge is 2.19. The SMILES string of the molecule is CCCCNc1cc2c(cc1[N+](=O)[O-])CCCN2. The van der Waals surface area contributed by atoms with Crippen LogP contribution in [-0.4, -0.2) is 18.0 Å². The highest BCUT2D eigenvalue weighted by molar-refractivity contribution is 5.72. The third-order valence-electron chi connectivity index (χ3n) is 3.20. The van der Waals surface area contributed by atoms with Gasteiger partial charge in [0.15, 0.2) is 0 Å². The molecule has 1 aromatic rings. The monoisotopic (exact) mass is 249 g/mol. The van der Waals surface area contributed by atoms with Crippen LogP contribution in [0.1, 0.15) is 31.7 Å². The minimum atomic E-state index is -0.302. The average Bonchev–Trinajstić information content (AvgIpc) is 2.38. The Bertz CT molecular complexity index is 446. The number of hydrogen-bond donors (Lipinski definition) is 2. The third-order valence-corrected chi connectivity index (χ3v) is 3.20. The number of nitrogens with one attached hydrogen (secondary N) is 2. The number of unbranched alkanes of at least 4 members (excludes halogenated alkanes) is 1. The molecule has 0 unspecified atom stereocenters. The van der Waals surface area contributed by atoms with Crippen LogP contribution in [0, 0.1) is 10.1 Å². The fraction of sp³-hybridized carbons (Fsp3) is 0.538. The number of benzene rings is 1. The summed E-state index contributed by atoms with van der Waals surface area (Å²) < 4.78 is 0. The fourth-order valence-corrected chi connectivity index (χ4v) is 2.20. The zero-order chi connectivity index (χ0) is 13.0. The Hall–Kier alpha value is -1.78. The maximum atomic E-state index is 11.1. The summed E-state index contributed by atoms with van der Waals surface area (Å²) in [6.07, 6.45) is 4.04. The molecule has 5 nitrogen and oxygen atoms in total. The molecule has 0 bridgehead atoms. The van der Waals surface area contributed by atoms with Crippen LogP contribution >= 0.6 is 0 Å². The number of hydrogen-bond acceptors (Lipinski definition) is 4. The molecule has 0 fully saturated rings. The maximum absolute atomic E-state index is 11.1. The quantitative estimate of drug-likeness (QED) is 0.478. The van der Waals surface area contributed by atoms with Gasteiger partial charge >= 0.3 is 0 Å². The summed E-state index contributed by atoms with van der Waals surface area (Å²) >= 11 is 0. The van der Waals surface area contributed by atoms with Gasteiger partial charge in [-0.15, -0.1) is 0 Å². The van der Waals surface area contributed by atoms with E-state index in [1.807, 2.05) is 6.07 Å². The van der Waals surface area contributed by atoms with Crippen LogP contribution in [0.25, 0.3) is 0 Å². The first-order valence-electron chi connectivity index (χ1n) is 6.51. The predicted octanol–water partition coefficient (Wildman–Crippen LogP) is 3.16. The maximum Gasteiger partial charge on any atom is 0.292 e. The van der Waals surface area contributed by atoms with Crippen LogP contribution in [0.3, 0.4) is 0 Å². The molecule has 0 radical (unpaired) electrons. The molecule has 1 aliphatic heterocycles. The van der Waals surface area contributed by atoms with Gasteiger partial charge in [0.05, 0.1) is 4.92 Å². The summed E-state index contributed by atoms with van der Waals surface area (Å²) in [5.41, 5.74) is 2.90. The van der Waals surface area contributed by atoms with Crippen molar-refractivity contribution >= 4 is 17.1 Å². The fourth-order valence-electron chi connectivity index (χ4n) is 2.20. The van der Waals surface area contributed by atoms with Gasteiger partial charge in [0.1, 0.15) is 5.69 Å². The molecule has 18 heavy (non-hydrogen) atoms. The summed E-state index contributed by atoms with van der Waals surface area (Å²) in [6.45, 7) is 3.82. The summed E-state index contributed by atoms with van der Waals surface area (Å²) in [6, 6.07) is 3.58. The van der Waals surface area contributed by atoms with E-state index in [4.69, 9.17) is 0 Å². The summed E-state index contributed by atoms with van der Waals surface area (Å²) in [4.78, 5) is 10.8. The van der Waals surface area contributed by atoms with Gasteiger partial charge in [-0.3, -0.25) is 10.1 Å². The second-order valence-electron chi connectivity index (χ2n) is 4.59. The largest absolute Gasteiger partial charge is 0.385 e. The second-order valence-corrected chi connectivity index (χ2v) is 4.59. The van der Waals surface area contributed by atoms with E-state index < -0.39 is 0 Å². The zero-order valence-corrected chi connectivity index (χ0v) is 10.7. The lowest BCUT2D eigenvalue weighted by atomic mass is 10.0. The normalized spacial score (nSPS) is 13.6. The van der Waals surface area contributed by atoms with Crippen molar-refractivity contribution in [3.63, 3.8) is 0 Å². The summed E-state index contributed by atoms with van der Waals surface area (Å²) in [7, 11) is 0. The number of nitrogens with zero attached hydrogens (tertiary/aromatic N) is 1. The molecule has 98 valence electrons. The zero-order valence-electron chi connectivity index (χ0n) is 10.7. The molecule has 2 rings (SSSR count). The van der Waals surface area contributed by atoms with Crippen molar-refractivity contribution in [3.8, 4) is 0 Å². The lowest BCUT2D eigenvalue weighted by Crippen LogP contribution is -2.13. The van der Waals surface area contributed by atoms with Crippen molar-refractivity contribution in [1.82, 2.24) is 0 Å². The molecule has 2 N–H and O–H groups in total. The lowest BCUT2D eigenvalue weighted by molar-refractivity contribution is -0.384. The van der Waals surface area contributed by atoms with E-state index in [-0.39, 0.29) is 10.6 Å². The topological polar surface area (TPSA) is 67.2 Å². The molecule has 0 spiro atoms. The van der Waals surface area contributed by atoms with E-state index in [1.54, 1.807) is 6.07 Å². The first-order chi connectivity index (χ1) is 8.72. The average molecular weight is 249 g/mol. The molecule has 1 aromatic carbocycles. The van der Waals surface area contributed by atoms with Gasteiger partial charge < -0.3 is 10.6 Å².